The minimum Gasteiger partial charge on any atom is -0.373 e. The zero-order chi connectivity index (χ0) is 13.8. The molecule has 0 saturated heterocycles. The molecule has 1 N–H and O–H groups in total. The van der Waals surface area contributed by atoms with Crippen LogP contribution in [0.15, 0.2) is 28.7 Å². The molecule has 0 bridgehead atoms. The number of halogens is 1. The molecule has 0 aliphatic heterocycles. The number of nitrogens with one attached hydrogen (secondary N) is 1. The molecule has 1 aromatic heterocycles. The molecule has 0 spiro atoms. The van der Waals surface area contributed by atoms with Gasteiger partial charge in [-0.05, 0) is 25.0 Å². The van der Waals surface area contributed by atoms with Crippen molar-refractivity contribution in [3.8, 4) is 0 Å². The van der Waals surface area contributed by atoms with Gasteiger partial charge in [0.2, 0.25) is 0 Å². The van der Waals surface area contributed by atoms with Crippen LogP contribution in [-0.4, -0.2) is 17.0 Å². The summed E-state index contributed by atoms with van der Waals surface area (Å²) in [5.74, 6) is 1.79. The molecule has 2 rings (SSSR count). The second-order valence-electron chi connectivity index (χ2n) is 4.42. The Kier molecular flexibility index (Phi) is 4.53. The molecule has 0 aliphatic carbocycles. The molecule has 19 heavy (non-hydrogen) atoms. The largest absolute Gasteiger partial charge is 0.373 e. The molecule has 4 heteroatoms. The van der Waals surface area contributed by atoms with E-state index in [9.17, 15) is 0 Å². The van der Waals surface area contributed by atoms with Crippen LogP contribution in [0.2, 0.25) is 0 Å². The fourth-order valence-corrected chi connectivity index (χ4v) is 2.60. The highest BCUT2D eigenvalue weighted by Crippen LogP contribution is 2.21. The van der Waals surface area contributed by atoms with Crippen molar-refractivity contribution in [2.45, 2.75) is 26.7 Å². The van der Waals surface area contributed by atoms with Crippen LogP contribution < -0.4 is 5.32 Å². The van der Waals surface area contributed by atoms with Gasteiger partial charge >= 0.3 is 0 Å². The van der Waals surface area contributed by atoms with Crippen LogP contribution in [-0.2, 0) is 12.8 Å². The van der Waals surface area contributed by atoms with Crippen LogP contribution in [0.25, 0.3) is 0 Å². The van der Waals surface area contributed by atoms with Gasteiger partial charge < -0.3 is 5.32 Å². The van der Waals surface area contributed by atoms with Gasteiger partial charge in [0.25, 0.3) is 0 Å². The Morgan fingerprint density at radius 2 is 1.95 bits per heavy atom. The number of hydrogen-bond donors (Lipinski definition) is 1. The normalized spacial score (nSPS) is 10.5. The smallest absolute Gasteiger partial charge is 0.135 e. The Morgan fingerprint density at radius 3 is 2.58 bits per heavy atom. The Morgan fingerprint density at radius 1 is 1.21 bits per heavy atom. The van der Waals surface area contributed by atoms with E-state index in [0.29, 0.717) is 0 Å². The summed E-state index contributed by atoms with van der Waals surface area (Å²) in [7, 11) is 1.91. The summed E-state index contributed by atoms with van der Waals surface area (Å²) in [5.41, 5.74) is 3.45. The van der Waals surface area contributed by atoms with E-state index in [0.717, 1.165) is 34.7 Å². The van der Waals surface area contributed by atoms with Gasteiger partial charge in [-0.25, -0.2) is 9.97 Å². The predicted octanol–water partition coefficient (Wildman–Crippen LogP) is 3.74. The first-order valence-corrected chi connectivity index (χ1v) is 7.22. The summed E-state index contributed by atoms with van der Waals surface area (Å²) in [6.07, 6.45) is 1.68. The van der Waals surface area contributed by atoms with Gasteiger partial charge in [-0.2, -0.15) is 0 Å². The third-order valence-corrected chi connectivity index (χ3v) is 3.93. The summed E-state index contributed by atoms with van der Waals surface area (Å²) in [6.45, 7) is 4.17. The topological polar surface area (TPSA) is 37.8 Å². The maximum atomic E-state index is 4.62. The van der Waals surface area contributed by atoms with E-state index in [4.69, 9.17) is 0 Å². The SMILES string of the molecule is CCc1c(C)nc(Cc2ccccc2Br)nc1NC. The second-order valence-corrected chi connectivity index (χ2v) is 5.28. The lowest BCUT2D eigenvalue weighted by Gasteiger charge is -2.12. The monoisotopic (exact) mass is 319 g/mol. The van der Waals surface area contributed by atoms with Crippen molar-refractivity contribution in [3.05, 3.63) is 51.4 Å². The van der Waals surface area contributed by atoms with Crippen molar-refractivity contribution in [2.75, 3.05) is 12.4 Å². The molecule has 0 saturated carbocycles. The molecular weight excluding hydrogens is 302 g/mol. The number of hydrogen-bond acceptors (Lipinski definition) is 3. The average Bonchev–Trinajstić information content (AvgIpc) is 2.40. The number of aryl methyl sites for hydroxylation is 1. The van der Waals surface area contributed by atoms with E-state index in [-0.39, 0.29) is 0 Å². The van der Waals surface area contributed by atoms with Crippen molar-refractivity contribution in [3.63, 3.8) is 0 Å². The average molecular weight is 320 g/mol. The Labute approximate surface area is 122 Å². The zero-order valence-corrected chi connectivity index (χ0v) is 13.1. The number of rotatable bonds is 4. The van der Waals surface area contributed by atoms with Crippen LogP contribution >= 0.6 is 15.9 Å². The molecule has 3 nitrogen and oxygen atoms in total. The van der Waals surface area contributed by atoms with Crippen molar-refractivity contribution < 1.29 is 0 Å². The molecule has 1 heterocycles. The quantitative estimate of drug-likeness (QED) is 0.932. The summed E-state index contributed by atoms with van der Waals surface area (Å²) in [5, 5.41) is 3.17. The molecule has 100 valence electrons. The highest BCUT2D eigenvalue weighted by Gasteiger charge is 2.10. The highest BCUT2D eigenvalue weighted by molar-refractivity contribution is 9.10. The molecule has 0 radical (unpaired) electrons. The van der Waals surface area contributed by atoms with E-state index >= 15 is 0 Å². The Bertz CT molecular complexity index is 582. The van der Waals surface area contributed by atoms with Gasteiger partial charge in [0.1, 0.15) is 11.6 Å². The maximum Gasteiger partial charge on any atom is 0.135 e. The predicted molar refractivity (Wildman–Crippen MR) is 82.6 cm³/mol. The van der Waals surface area contributed by atoms with Crippen molar-refractivity contribution >= 4 is 21.7 Å². The van der Waals surface area contributed by atoms with Crippen molar-refractivity contribution in [1.82, 2.24) is 9.97 Å². The standard InChI is InChI=1S/C15H18BrN3/c1-4-12-10(2)18-14(19-15(12)17-3)9-11-7-5-6-8-13(11)16/h5-8H,4,9H2,1-3H3,(H,17,18,19). The van der Waals surface area contributed by atoms with Gasteiger partial charge in [0.15, 0.2) is 0 Å². The first-order chi connectivity index (χ1) is 9.15. The lowest BCUT2D eigenvalue weighted by molar-refractivity contribution is 0.906. The van der Waals surface area contributed by atoms with Crippen LogP contribution in [0.3, 0.4) is 0 Å². The van der Waals surface area contributed by atoms with Crippen LogP contribution in [0.4, 0.5) is 5.82 Å². The molecule has 2 aromatic rings. The fraction of sp³-hybridized carbons (Fsp3) is 0.333. The molecule has 0 amide bonds. The number of benzene rings is 1. The number of nitrogens with zero attached hydrogens (tertiary/aromatic N) is 2. The Hall–Kier alpha value is -1.42. The summed E-state index contributed by atoms with van der Waals surface area (Å²) < 4.78 is 1.10. The molecule has 0 fully saturated rings. The lowest BCUT2D eigenvalue weighted by atomic mass is 10.1. The van der Waals surface area contributed by atoms with Gasteiger partial charge in [-0.3, -0.25) is 0 Å². The molecular formula is C15H18BrN3. The first kappa shape index (κ1) is 14.0. The first-order valence-electron chi connectivity index (χ1n) is 6.43. The summed E-state index contributed by atoms with van der Waals surface area (Å²) in [4.78, 5) is 9.23. The van der Waals surface area contributed by atoms with E-state index in [2.05, 4.69) is 44.2 Å². The Balaban J connectivity index is 2.36. The van der Waals surface area contributed by atoms with Gasteiger partial charge in [-0.1, -0.05) is 41.1 Å². The van der Waals surface area contributed by atoms with Crippen LogP contribution in [0.5, 0.6) is 0 Å². The summed E-state index contributed by atoms with van der Waals surface area (Å²) >= 11 is 3.56. The third kappa shape index (κ3) is 3.13. The van der Waals surface area contributed by atoms with E-state index < -0.39 is 0 Å². The van der Waals surface area contributed by atoms with Crippen molar-refractivity contribution in [2.24, 2.45) is 0 Å². The van der Waals surface area contributed by atoms with E-state index in [1.807, 2.05) is 32.2 Å². The minimum absolute atomic E-state index is 0.737. The van der Waals surface area contributed by atoms with Gasteiger partial charge in [0.05, 0.1) is 0 Å². The van der Waals surface area contributed by atoms with Crippen molar-refractivity contribution in [1.29, 1.82) is 0 Å². The molecule has 0 atom stereocenters. The molecule has 1 aromatic carbocycles. The van der Waals surface area contributed by atoms with Crippen LogP contribution in [0.1, 0.15) is 29.6 Å². The number of aromatic nitrogens is 2. The maximum absolute atomic E-state index is 4.62. The van der Waals surface area contributed by atoms with Crippen LogP contribution in [0, 0.1) is 6.92 Å². The number of anilines is 1. The summed E-state index contributed by atoms with van der Waals surface area (Å²) in [6, 6.07) is 8.18. The van der Waals surface area contributed by atoms with Gasteiger partial charge in [-0.15, -0.1) is 0 Å². The zero-order valence-electron chi connectivity index (χ0n) is 11.5. The van der Waals surface area contributed by atoms with E-state index in [1.165, 1.54) is 11.1 Å². The van der Waals surface area contributed by atoms with Gasteiger partial charge in [0, 0.05) is 29.2 Å². The van der Waals surface area contributed by atoms with E-state index in [1.54, 1.807) is 0 Å². The highest BCUT2D eigenvalue weighted by atomic mass is 79.9. The molecule has 0 aliphatic rings. The fourth-order valence-electron chi connectivity index (χ4n) is 2.18. The third-order valence-electron chi connectivity index (χ3n) is 3.16. The minimum atomic E-state index is 0.737. The molecule has 0 unspecified atom stereocenters. The second kappa shape index (κ2) is 6.15. The lowest BCUT2D eigenvalue weighted by Crippen LogP contribution is -2.07.